The van der Waals surface area contributed by atoms with Gasteiger partial charge in [-0.15, -0.1) is 5.10 Å². The molecule has 0 aromatic carbocycles. The van der Waals surface area contributed by atoms with Crippen LogP contribution in [0.4, 0.5) is 5.82 Å². The summed E-state index contributed by atoms with van der Waals surface area (Å²) in [6, 6.07) is 3.67. The van der Waals surface area contributed by atoms with Crippen LogP contribution in [0.3, 0.4) is 0 Å². The minimum Gasteiger partial charge on any atom is -0.394 e. The van der Waals surface area contributed by atoms with Crippen molar-refractivity contribution in [1.29, 1.82) is 0 Å². The molecule has 0 amide bonds. The summed E-state index contributed by atoms with van der Waals surface area (Å²) in [5, 5.41) is 19.7. The van der Waals surface area contributed by atoms with E-state index in [0.717, 1.165) is 19.4 Å². The SMILES string of the molecule is O=c1[nH]nc2ccc(N3CCCC3CO)nn12. The average Bonchev–Trinajstić information content (AvgIpc) is 2.96. The topological polar surface area (TPSA) is 86.5 Å². The van der Waals surface area contributed by atoms with Crippen molar-refractivity contribution in [1.82, 2.24) is 19.8 Å². The molecule has 1 saturated heterocycles. The van der Waals surface area contributed by atoms with Gasteiger partial charge in [0.1, 0.15) is 5.82 Å². The molecule has 17 heavy (non-hydrogen) atoms. The number of H-pyrrole nitrogens is 1. The van der Waals surface area contributed by atoms with Crippen molar-refractivity contribution in [2.45, 2.75) is 18.9 Å². The van der Waals surface area contributed by atoms with Crippen LogP contribution in [0.15, 0.2) is 16.9 Å². The summed E-state index contributed by atoms with van der Waals surface area (Å²) in [7, 11) is 0. The molecule has 2 aromatic rings. The molecule has 0 aliphatic carbocycles. The fourth-order valence-corrected chi connectivity index (χ4v) is 2.27. The number of aliphatic hydroxyl groups excluding tert-OH is 1. The molecule has 1 aliphatic rings. The molecule has 0 radical (unpaired) electrons. The van der Waals surface area contributed by atoms with Crippen molar-refractivity contribution in [2.75, 3.05) is 18.1 Å². The van der Waals surface area contributed by atoms with Crippen molar-refractivity contribution < 1.29 is 5.11 Å². The summed E-state index contributed by atoms with van der Waals surface area (Å²) < 4.78 is 1.24. The lowest BCUT2D eigenvalue weighted by molar-refractivity contribution is 0.266. The lowest BCUT2D eigenvalue weighted by Crippen LogP contribution is -2.33. The van der Waals surface area contributed by atoms with Gasteiger partial charge < -0.3 is 10.0 Å². The van der Waals surface area contributed by atoms with Crippen LogP contribution in [-0.4, -0.2) is 44.1 Å². The van der Waals surface area contributed by atoms with Gasteiger partial charge >= 0.3 is 5.69 Å². The zero-order valence-corrected chi connectivity index (χ0v) is 9.20. The lowest BCUT2D eigenvalue weighted by atomic mass is 10.2. The molecule has 1 aliphatic heterocycles. The zero-order valence-electron chi connectivity index (χ0n) is 9.20. The Bertz CT molecular complexity index is 590. The van der Waals surface area contributed by atoms with Crippen molar-refractivity contribution in [3.63, 3.8) is 0 Å². The molecule has 1 unspecified atom stereocenters. The molecule has 2 N–H and O–H groups in total. The Hall–Kier alpha value is -1.89. The van der Waals surface area contributed by atoms with Crippen LogP contribution in [-0.2, 0) is 0 Å². The second-order valence-corrected chi connectivity index (χ2v) is 4.16. The van der Waals surface area contributed by atoms with E-state index >= 15 is 0 Å². The highest BCUT2D eigenvalue weighted by atomic mass is 16.3. The average molecular weight is 235 g/mol. The maximum Gasteiger partial charge on any atom is 0.364 e. The number of fused-ring (bicyclic) bond motifs is 1. The van der Waals surface area contributed by atoms with Crippen LogP contribution in [0, 0.1) is 0 Å². The van der Waals surface area contributed by atoms with E-state index in [-0.39, 0.29) is 18.3 Å². The molecule has 0 bridgehead atoms. The highest BCUT2D eigenvalue weighted by Gasteiger charge is 2.25. The van der Waals surface area contributed by atoms with Gasteiger partial charge in [0.2, 0.25) is 0 Å². The highest BCUT2D eigenvalue weighted by molar-refractivity contribution is 5.46. The maximum atomic E-state index is 11.4. The summed E-state index contributed by atoms with van der Waals surface area (Å²) in [4.78, 5) is 13.4. The second-order valence-electron chi connectivity index (χ2n) is 4.16. The monoisotopic (exact) mass is 235 g/mol. The molecule has 90 valence electrons. The van der Waals surface area contributed by atoms with Crippen LogP contribution >= 0.6 is 0 Å². The van der Waals surface area contributed by atoms with Gasteiger partial charge in [0.25, 0.3) is 0 Å². The first-order valence-corrected chi connectivity index (χ1v) is 5.61. The number of rotatable bonds is 2. The van der Waals surface area contributed by atoms with E-state index in [0.29, 0.717) is 11.5 Å². The van der Waals surface area contributed by atoms with Crippen molar-refractivity contribution in [2.24, 2.45) is 0 Å². The van der Waals surface area contributed by atoms with Gasteiger partial charge in [-0.25, -0.2) is 9.89 Å². The van der Waals surface area contributed by atoms with E-state index in [9.17, 15) is 9.90 Å². The van der Waals surface area contributed by atoms with Gasteiger partial charge in [-0.3, -0.25) is 0 Å². The van der Waals surface area contributed by atoms with E-state index < -0.39 is 0 Å². The Kier molecular flexibility index (Phi) is 2.32. The molecular formula is C10H13N5O2. The molecular weight excluding hydrogens is 222 g/mol. The van der Waals surface area contributed by atoms with Crippen LogP contribution in [0.1, 0.15) is 12.8 Å². The van der Waals surface area contributed by atoms with Crippen molar-refractivity contribution in [3.8, 4) is 0 Å². The first-order valence-electron chi connectivity index (χ1n) is 5.61. The quantitative estimate of drug-likeness (QED) is 0.724. The Balaban J connectivity index is 2.05. The van der Waals surface area contributed by atoms with E-state index in [2.05, 4.69) is 15.3 Å². The van der Waals surface area contributed by atoms with Gasteiger partial charge in [0.05, 0.1) is 12.6 Å². The number of aliphatic hydroxyl groups is 1. The minimum absolute atomic E-state index is 0.0996. The van der Waals surface area contributed by atoms with E-state index in [1.54, 1.807) is 6.07 Å². The third kappa shape index (κ3) is 1.59. The lowest BCUT2D eigenvalue weighted by Gasteiger charge is -2.23. The largest absolute Gasteiger partial charge is 0.394 e. The number of nitrogens with zero attached hydrogens (tertiary/aromatic N) is 4. The third-order valence-corrected chi connectivity index (χ3v) is 3.14. The van der Waals surface area contributed by atoms with E-state index in [4.69, 9.17) is 0 Å². The molecule has 1 fully saturated rings. The first kappa shape index (κ1) is 10.3. The minimum atomic E-state index is -0.346. The molecule has 3 heterocycles. The molecule has 7 nitrogen and oxygen atoms in total. The Labute approximate surface area is 96.7 Å². The number of anilines is 1. The smallest absolute Gasteiger partial charge is 0.364 e. The predicted molar refractivity (Wildman–Crippen MR) is 61.1 cm³/mol. The van der Waals surface area contributed by atoms with Gasteiger partial charge in [0.15, 0.2) is 5.65 Å². The number of hydrogen-bond donors (Lipinski definition) is 2. The normalized spacial score (nSPS) is 20.3. The molecule has 0 spiro atoms. The van der Waals surface area contributed by atoms with Gasteiger partial charge in [-0.1, -0.05) is 0 Å². The molecule has 7 heteroatoms. The Morgan fingerprint density at radius 2 is 2.41 bits per heavy atom. The highest BCUT2D eigenvalue weighted by Crippen LogP contribution is 2.22. The number of hydrogen-bond acceptors (Lipinski definition) is 5. The predicted octanol–water partition coefficient (Wildman–Crippen LogP) is -0.621. The van der Waals surface area contributed by atoms with Crippen molar-refractivity contribution >= 4 is 11.5 Å². The molecule has 1 atom stereocenters. The summed E-state index contributed by atoms with van der Waals surface area (Å²) in [5.41, 5.74) is 0.153. The maximum absolute atomic E-state index is 11.4. The summed E-state index contributed by atoms with van der Waals surface area (Å²) in [5.74, 6) is 0.706. The summed E-state index contributed by atoms with van der Waals surface area (Å²) >= 11 is 0. The second kappa shape index (κ2) is 3.85. The number of aromatic nitrogens is 4. The van der Waals surface area contributed by atoms with Crippen LogP contribution in [0.5, 0.6) is 0 Å². The van der Waals surface area contributed by atoms with Gasteiger partial charge in [0, 0.05) is 6.54 Å². The van der Waals surface area contributed by atoms with Crippen LogP contribution in [0.25, 0.3) is 5.65 Å². The van der Waals surface area contributed by atoms with E-state index in [1.165, 1.54) is 4.52 Å². The van der Waals surface area contributed by atoms with Gasteiger partial charge in [-0.2, -0.15) is 9.61 Å². The summed E-state index contributed by atoms with van der Waals surface area (Å²) in [6.07, 6.45) is 1.99. The fraction of sp³-hybridized carbons (Fsp3) is 0.500. The molecule has 0 saturated carbocycles. The Morgan fingerprint density at radius 3 is 3.24 bits per heavy atom. The molecule has 2 aromatic heterocycles. The van der Waals surface area contributed by atoms with Crippen molar-refractivity contribution in [3.05, 3.63) is 22.6 Å². The fourth-order valence-electron chi connectivity index (χ4n) is 2.27. The van der Waals surface area contributed by atoms with Crippen LogP contribution < -0.4 is 10.6 Å². The summed E-state index contributed by atoms with van der Waals surface area (Å²) in [6.45, 7) is 0.969. The Morgan fingerprint density at radius 1 is 1.53 bits per heavy atom. The van der Waals surface area contributed by atoms with Crippen LogP contribution in [0.2, 0.25) is 0 Å². The van der Waals surface area contributed by atoms with E-state index in [1.807, 2.05) is 11.0 Å². The number of nitrogens with one attached hydrogen (secondary N) is 1. The number of aromatic amines is 1. The standard InChI is InChI=1S/C10H13N5O2/c16-6-7-2-1-5-14(7)9-4-3-8-11-12-10(17)15(8)13-9/h3-4,7,16H,1-2,5-6H2,(H,12,17). The first-order chi connectivity index (χ1) is 8.29. The van der Waals surface area contributed by atoms with Gasteiger partial charge in [-0.05, 0) is 25.0 Å². The molecule has 3 rings (SSSR count). The zero-order chi connectivity index (χ0) is 11.8. The third-order valence-electron chi connectivity index (χ3n) is 3.14.